The van der Waals surface area contributed by atoms with Crippen molar-refractivity contribution >= 4 is 0 Å². The Kier molecular flexibility index (Phi) is 8.08. The van der Waals surface area contributed by atoms with E-state index in [0.29, 0.717) is 11.5 Å². The lowest BCUT2D eigenvalue weighted by Crippen LogP contribution is -2.47. The van der Waals surface area contributed by atoms with Gasteiger partial charge in [0.1, 0.15) is 29.4 Å². The highest BCUT2D eigenvalue weighted by molar-refractivity contribution is 5.70. The number of benzene rings is 6. The molecule has 0 fully saturated rings. The average molecular weight is 659 g/mol. The van der Waals surface area contributed by atoms with E-state index < -0.39 is 0 Å². The molecule has 0 atom stereocenters. The molecule has 0 radical (unpaired) electrons. The number of aromatic nitrogens is 8. The van der Waals surface area contributed by atoms with E-state index in [-0.39, 0.29) is 0 Å². The fourth-order valence-electron chi connectivity index (χ4n) is 5.91. The van der Waals surface area contributed by atoms with Gasteiger partial charge < -0.3 is 9.47 Å². The average Bonchev–Trinajstić information content (AvgIpc) is 3.85. The SMILES string of the molecule is COc1cc(-c2ccc(-[n+]3nc(-c4ccccc4)[nH+]n3-c3ccccc3)c(OC)c2)ccc1-[n+]1nc(-c2ccccc2)[nH+]n1-c1ccccc1. The maximum Gasteiger partial charge on any atom is 0.397 e. The monoisotopic (exact) mass is 658 g/mol. The van der Waals surface area contributed by atoms with Crippen LogP contribution in [0.15, 0.2) is 158 Å². The van der Waals surface area contributed by atoms with Crippen LogP contribution in [0.2, 0.25) is 0 Å². The van der Waals surface area contributed by atoms with Gasteiger partial charge >= 0.3 is 23.0 Å². The highest BCUT2D eigenvalue weighted by Crippen LogP contribution is 2.32. The Labute approximate surface area is 288 Å². The van der Waals surface area contributed by atoms with Crippen molar-refractivity contribution in [3.05, 3.63) is 158 Å². The van der Waals surface area contributed by atoms with E-state index in [0.717, 1.165) is 56.7 Å². The summed E-state index contributed by atoms with van der Waals surface area (Å²) >= 11 is 0. The molecule has 6 aromatic carbocycles. The fourth-order valence-corrected chi connectivity index (χ4v) is 5.91. The molecule has 0 amide bonds. The normalized spacial score (nSPS) is 11.0. The maximum atomic E-state index is 5.99. The molecule has 8 rings (SSSR count). The summed E-state index contributed by atoms with van der Waals surface area (Å²) in [5.41, 5.74) is 7.23. The fraction of sp³-hybridized carbons (Fsp3) is 0.0500. The Morgan fingerprint density at radius 3 is 1.16 bits per heavy atom. The second kappa shape index (κ2) is 13.3. The van der Waals surface area contributed by atoms with Gasteiger partial charge in [-0.15, -0.1) is 0 Å². The summed E-state index contributed by atoms with van der Waals surface area (Å²) in [6, 6.07) is 52.4. The number of rotatable bonds is 9. The number of para-hydroxylation sites is 2. The number of ether oxygens (including phenoxy) is 2. The predicted octanol–water partition coefficient (Wildman–Crippen LogP) is 5.26. The van der Waals surface area contributed by atoms with Crippen LogP contribution in [-0.4, -0.2) is 34.0 Å². The standard InChI is InChI=1S/C40H32N8O2/c1-49-37-27-31(23-25-35(37)47-43-39(29-15-7-3-8-16-29)41-45(47)33-19-11-5-12-20-33)32-24-26-36(38(28-32)50-2)48-44-40(30-17-9-4-10-18-30)42-46(48)34-21-13-6-14-22-34/h3-28H,1-2H3/q+2/p+2. The third kappa shape index (κ3) is 5.75. The first kappa shape index (κ1) is 30.4. The molecule has 0 spiro atoms. The summed E-state index contributed by atoms with van der Waals surface area (Å²) in [5, 5.41) is 16.9. The van der Waals surface area contributed by atoms with Crippen molar-refractivity contribution in [1.82, 2.24) is 19.8 Å². The quantitative estimate of drug-likeness (QED) is 0.198. The lowest BCUT2D eigenvalue weighted by Gasteiger charge is -2.08. The molecule has 10 heteroatoms. The highest BCUT2D eigenvalue weighted by Gasteiger charge is 2.33. The van der Waals surface area contributed by atoms with Gasteiger partial charge in [0.2, 0.25) is 0 Å². The lowest BCUT2D eigenvalue weighted by atomic mass is 10.0. The number of methoxy groups -OCH3 is 2. The Bertz CT molecular complexity index is 2220. The van der Waals surface area contributed by atoms with Crippen molar-refractivity contribution in [3.63, 3.8) is 0 Å². The van der Waals surface area contributed by atoms with Crippen LogP contribution in [0.1, 0.15) is 0 Å². The number of nitrogens with zero attached hydrogens (tertiary/aromatic N) is 6. The molecule has 0 bridgehead atoms. The van der Waals surface area contributed by atoms with Crippen LogP contribution in [0, 0.1) is 0 Å². The third-order valence-electron chi connectivity index (χ3n) is 8.41. The van der Waals surface area contributed by atoms with E-state index >= 15 is 0 Å². The summed E-state index contributed by atoms with van der Waals surface area (Å²) in [7, 11) is 3.34. The molecule has 50 heavy (non-hydrogen) atoms. The zero-order valence-corrected chi connectivity index (χ0v) is 27.5. The Balaban J connectivity index is 1.20. The molecule has 2 N–H and O–H groups in total. The summed E-state index contributed by atoms with van der Waals surface area (Å²) in [5.74, 6) is 2.75. The van der Waals surface area contributed by atoms with Crippen molar-refractivity contribution < 1.29 is 29.3 Å². The molecule has 0 saturated carbocycles. The van der Waals surface area contributed by atoms with Crippen LogP contribution in [0.3, 0.4) is 0 Å². The van der Waals surface area contributed by atoms with E-state index in [4.69, 9.17) is 19.7 Å². The zero-order chi connectivity index (χ0) is 33.9. The van der Waals surface area contributed by atoms with Crippen LogP contribution in [0.25, 0.3) is 56.7 Å². The number of hydrogen-bond acceptors (Lipinski definition) is 4. The smallest absolute Gasteiger partial charge is 0.397 e. The molecule has 0 aliphatic carbocycles. The minimum atomic E-state index is 0.655. The topological polar surface area (TPSA) is 90.1 Å². The van der Waals surface area contributed by atoms with Crippen molar-refractivity contribution in [2.75, 3.05) is 14.2 Å². The predicted molar refractivity (Wildman–Crippen MR) is 186 cm³/mol. The molecule has 2 aromatic heterocycles. The van der Waals surface area contributed by atoms with Gasteiger partial charge in [0.15, 0.2) is 22.9 Å². The van der Waals surface area contributed by atoms with Crippen LogP contribution < -0.4 is 29.3 Å². The van der Waals surface area contributed by atoms with Crippen LogP contribution in [0.4, 0.5) is 0 Å². The second-order valence-electron chi connectivity index (χ2n) is 11.5. The second-order valence-corrected chi connectivity index (χ2v) is 11.5. The van der Waals surface area contributed by atoms with Crippen molar-refractivity contribution in [2.24, 2.45) is 0 Å². The first-order valence-electron chi connectivity index (χ1n) is 16.2. The maximum absolute atomic E-state index is 5.99. The van der Waals surface area contributed by atoms with Crippen LogP contribution in [-0.2, 0) is 0 Å². The Morgan fingerprint density at radius 1 is 0.440 bits per heavy atom. The van der Waals surface area contributed by atoms with Gasteiger partial charge in [-0.3, -0.25) is 0 Å². The van der Waals surface area contributed by atoms with Gasteiger partial charge in [0.05, 0.1) is 25.3 Å². The third-order valence-corrected chi connectivity index (χ3v) is 8.41. The molecule has 0 aliphatic rings. The van der Waals surface area contributed by atoms with Crippen LogP contribution >= 0.6 is 0 Å². The number of aromatic amines is 2. The number of hydrogen-bond donors (Lipinski definition) is 0. The van der Waals surface area contributed by atoms with E-state index in [1.807, 2.05) is 165 Å². The first-order chi connectivity index (χ1) is 24.7. The Morgan fingerprint density at radius 2 is 0.800 bits per heavy atom. The molecular weight excluding hydrogens is 624 g/mol. The molecule has 10 nitrogen and oxygen atoms in total. The number of tetrazole rings is 2. The first-order valence-corrected chi connectivity index (χ1v) is 16.2. The van der Waals surface area contributed by atoms with E-state index in [2.05, 4.69) is 22.3 Å². The summed E-state index contributed by atoms with van der Waals surface area (Å²) in [6.07, 6.45) is 0. The lowest BCUT2D eigenvalue weighted by molar-refractivity contribution is -0.800. The molecule has 242 valence electrons. The Hall–Kier alpha value is -6.94. The summed E-state index contributed by atoms with van der Waals surface area (Å²) in [6.45, 7) is 0. The number of nitrogens with one attached hydrogen (secondary N) is 2. The molecule has 2 heterocycles. The minimum Gasteiger partial charge on any atom is -0.490 e. The van der Waals surface area contributed by atoms with E-state index in [9.17, 15) is 0 Å². The van der Waals surface area contributed by atoms with Gasteiger partial charge in [-0.1, -0.05) is 72.8 Å². The summed E-state index contributed by atoms with van der Waals surface area (Å²) in [4.78, 5) is 7.46. The van der Waals surface area contributed by atoms with Gasteiger partial charge in [0, 0.05) is 12.1 Å². The van der Waals surface area contributed by atoms with E-state index in [1.165, 1.54) is 0 Å². The molecular formula is C40H34N8O2+4. The zero-order valence-electron chi connectivity index (χ0n) is 27.5. The molecule has 0 aliphatic heterocycles. The van der Waals surface area contributed by atoms with Crippen molar-refractivity contribution in [2.45, 2.75) is 0 Å². The van der Waals surface area contributed by atoms with Crippen LogP contribution in [0.5, 0.6) is 11.5 Å². The minimum absolute atomic E-state index is 0.655. The molecule has 0 unspecified atom stereocenters. The molecule has 8 aromatic rings. The van der Waals surface area contributed by atoms with Crippen molar-refractivity contribution in [1.29, 1.82) is 0 Å². The summed E-state index contributed by atoms with van der Waals surface area (Å²) < 4.78 is 12.0. The van der Waals surface area contributed by atoms with Gasteiger partial charge in [0.25, 0.3) is 0 Å². The highest BCUT2D eigenvalue weighted by atomic mass is 16.5. The molecule has 0 saturated heterocycles. The van der Waals surface area contributed by atoms with Gasteiger partial charge in [-0.05, 0) is 94.1 Å². The van der Waals surface area contributed by atoms with Gasteiger partial charge in [-0.25, -0.2) is 0 Å². The van der Waals surface area contributed by atoms with Crippen molar-refractivity contribution in [3.8, 4) is 68.2 Å². The van der Waals surface area contributed by atoms with Gasteiger partial charge in [-0.2, -0.15) is 0 Å². The number of H-pyrrole nitrogens is 2. The van der Waals surface area contributed by atoms with E-state index in [1.54, 1.807) is 14.2 Å². The largest absolute Gasteiger partial charge is 0.490 e.